The average Bonchev–Trinajstić information content (AvgIpc) is 2.55. The van der Waals surface area contributed by atoms with Crippen molar-refractivity contribution in [2.24, 2.45) is 0 Å². The summed E-state index contributed by atoms with van der Waals surface area (Å²) in [6.45, 7) is 0.673. The van der Waals surface area contributed by atoms with E-state index in [0.717, 1.165) is 5.56 Å². The first kappa shape index (κ1) is 16.9. The minimum atomic E-state index is -0.791. The minimum absolute atomic E-state index is 0.232. The molecular formula is C16H22O6. The van der Waals surface area contributed by atoms with Gasteiger partial charge in [0, 0.05) is 21.3 Å². The van der Waals surface area contributed by atoms with Crippen LogP contribution in [0.5, 0.6) is 0 Å². The van der Waals surface area contributed by atoms with Crippen molar-refractivity contribution in [2.45, 2.75) is 31.0 Å². The summed E-state index contributed by atoms with van der Waals surface area (Å²) in [6, 6.07) is 9.78. The summed E-state index contributed by atoms with van der Waals surface area (Å²) in [4.78, 5) is 12.0. The highest BCUT2D eigenvalue weighted by atomic mass is 16.6. The van der Waals surface area contributed by atoms with Crippen LogP contribution in [0.4, 0.5) is 0 Å². The maximum absolute atomic E-state index is 12.0. The predicted molar refractivity (Wildman–Crippen MR) is 78.4 cm³/mol. The summed E-state index contributed by atoms with van der Waals surface area (Å²) < 4.78 is 26.9. The second-order valence-corrected chi connectivity index (χ2v) is 5.03. The van der Waals surface area contributed by atoms with Crippen molar-refractivity contribution in [3.05, 3.63) is 35.9 Å². The number of cyclic esters (lactones) is 1. The standard InChI is InChI=1S/C16H22O6/c1-18-13-12(10-21-9-11-7-5-4-6-8-11)22-16(17)15(20-3)14(13)19-2/h4-8,12-15H,9-10H2,1-3H3/t12-,13-,14+,15-/m1/s1. The van der Waals surface area contributed by atoms with E-state index in [9.17, 15) is 4.79 Å². The van der Waals surface area contributed by atoms with E-state index in [1.54, 1.807) is 7.11 Å². The number of hydrogen-bond donors (Lipinski definition) is 0. The summed E-state index contributed by atoms with van der Waals surface area (Å²) in [5.74, 6) is -0.462. The zero-order chi connectivity index (χ0) is 15.9. The van der Waals surface area contributed by atoms with Crippen LogP contribution in [-0.2, 0) is 35.1 Å². The number of carbonyl (C=O) groups is 1. The quantitative estimate of drug-likeness (QED) is 0.705. The van der Waals surface area contributed by atoms with Crippen LogP contribution in [0.1, 0.15) is 5.56 Å². The van der Waals surface area contributed by atoms with Crippen molar-refractivity contribution in [2.75, 3.05) is 27.9 Å². The van der Waals surface area contributed by atoms with Crippen molar-refractivity contribution < 1.29 is 28.5 Å². The van der Waals surface area contributed by atoms with E-state index in [-0.39, 0.29) is 6.61 Å². The fraction of sp³-hybridized carbons (Fsp3) is 0.562. The Balaban J connectivity index is 1.95. The second-order valence-electron chi connectivity index (χ2n) is 5.03. The highest BCUT2D eigenvalue weighted by molar-refractivity contribution is 5.76. The molecule has 0 spiro atoms. The summed E-state index contributed by atoms with van der Waals surface area (Å²) in [5.41, 5.74) is 1.05. The molecule has 0 radical (unpaired) electrons. The van der Waals surface area contributed by atoms with Crippen LogP contribution in [0.2, 0.25) is 0 Å². The number of esters is 1. The van der Waals surface area contributed by atoms with E-state index < -0.39 is 30.4 Å². The molecule has 2 rings (SSSR count). The zero-order valence-corrected chi connectivity index (χ0v) is 13.1. The molecular weight excluding hydrogens is 288 g/mol. The van der Waals surface area contributed by atoms with E-state index >= 15 is 0 Å². The second kappa shape index (κ2) is 8.24. The van der Waals surface area contributed by atoms with Crippen LogP contribution in [-0.4, -0.2) is 58.3 Å². The predicted octanol–water partition coefficient (Wildman–Crippen LogP) is 1.17. The number of ether oxygens (including phenoxy) is 5. The first-order valence-electron chi connectivity index (χ1n) is 7.11. The highest BCUT2D eigenvalue weighted by Gasteiger charge is 2.47. The number of carbonyl (C=O) groups excluding carboxylic acids is 1. The van der Waals surface area contributed by atoms with E-state index in [1.807, 2.05) is 30.3 Å². The van der Waals surface area contributed by atoms with Crippen LogP contribution >= 0.6 is 0 Å². The molecule has 0 amide bonds. The van der Waals surface area contributed by atoms with E-state index in [1.165, 1.54) is 14.2 Å². The van der Waals surface area contributed by atoms with Gasteiger partial charge in [-0.3, -0.25) is 0 Å². The molecule has 1 heterocycles. The Labute approximate surface area is 130 Å². The molecule has 1 aliphatic heterocycles. The van der Waals surface area contributed by atoms with Gasteiger partial charge in [0.05, 0.1) is 13.2 Å². The van der Waals surface area contributed by atoms with Crippen molar-refractivity contribution >= 4 is 5.97 Å². The summed E-state index contributed by atoms with van der Waals surface area (Å²) in [7, 11) is 4.51. The topological polar surface area (TPSA) is 63.2 Å². The lowest BCUT2D eigenvalue weighted by atomic mass is 9.99. The molecule has 0 bridgehead atoms. The third-order valence-corrected chi connectivity index (χ3v) is 3.68. The van der Waals surface area contributed by atoms with Gasteiger partial charge in [0.1, 0.15) is 12.2 Å². The largest absolute Gasteiger partial charge is 0.455 e. The lowest BCUT2D eigenvalue weighted by Crippen LogP contribution is -2.58. The summed E-state index contributed by atoms with van der Waals surface area (Å²) in [5, 5.41) is 0. The van der Waals surface area contributed by atoms with Gasteiger partial charge in [-0.1, -0.05) is 30.3 Å². The number of benzene rings is 1. The molecule has 1 aromatic carbocycles. The number of rotatable bonds is 7. The molecule has 0 unspecified atom stereocenters. The monoisotopic (exact) mass is 310 g/mol. The Kier molecular flexibility index (Phi) is 6.33. The van der Waals surface area contributed by atoms with Crippen molar-refractivity contribution in [1.82, 2.24) is 0 Å². The molecule has 0 N–H and O–H groups in total. The molecule has 1 aromatic rings. The molecule has 0 aliphatic carbocycles. The Bertz CT molecular complexity index is 463. The van der Waals surface area contributed by atoms with Gasteiger partial charge in [-0.2, -0.15) is 0 Å². The van der Waals surface area contributed by atoms with E-state index in [4.69, 9.17) is 23.7 Å². The minimum Gasteiger partial charge on any atom is -0.455 e. The first-order chi connectivity index (χ1) is 10.7. The first-order valence-corrected chi connectivity index (χ1v) is 7.11. The number of hydrogen-bond acceptors (Lipinski definition) is 6. The van der Waals surface area contributed by atoms with Gasteiger partial charge in [0.15, 0.2) is 12.2 Å². The van der Waals surface area contributed by atoms with Gasteiger partial charge in [-0.05, 0) is 5.56 Å². The van der Waals surface area contributed by atoms with Crippen LogP contribution in [0.25, 0.3) is 0 Å². The van der Waals surface area contributed by atoms with Crippen LogP contribution < -0.4 is 0 Å². The molecule has 6 heteroatoms. The molecule has 1 fully saturated rings. The molecule has 4 atom stereocenters. The van der Waals surface area contributed by atoms with Crippen molar-refractivity contribution in [3.63, 3.8) is 0 Å². The molecule has 22 heavy (non-hydrogen) atoms. The van der Waals surface area contributed by atoms with E-state index in [2.05, 4.69) is 0 Å². The maximum Gasteiger partial charge on any atom is 0.338 e. The van der Waals surface area contributed by atoms with Crippen molar-refractivity contribution in [3.8, 4) is 0 Å². The van der Waals surface area contributed by atoms with Gasteiger partial charge in [0.25, 0.3) is 0 Å². The Hall–Kier alpha value is -1.47. The summed E-state index contributed by atoms with van der Waals surface area (Å²) in [6.07, 6.45) is -2.29. The summed E-state index contributed by atoms with van der Waals surface area (Å²) >= 11 is 0. The lowest BCUT2D eigenvalue weighted by molar-refractivity contribution is -0.221. The SMILES string of the molecule is CO[C@H]1[C@H](OC)[C@@H](OC)C(=O)O[C@@H]1COCc1ccccc1. The van der Waals surface area contributed by atoms with Crippen LogP contribution in [0, 0.1) is 0 Å². The zero-order valence-electron chi connectivity index (χ0n) is 13.1. The molecule has 122 valence electrons. The molecule has 6 nitrogen and oxygen atoms in total. The maximum atomic E-state index is 12.0. The lowest BCUT2D eigenvalue weighted by Gasteiger charge is -2.39. The fourth-order valence-corrected chi connectivity index (χ4v) is 2.57. The molecule has 1 aliphatic rings. The molecule has 0 aromatic heterocycles. The molecule has 1 saturated heterocycles. The van der Waals surface area contributed by atoms with Gasteiger partial charge in [-0.15, -0.1) is 0 Å². The Morgan fingerprint density at radius 2 is 1.68 bits per heavy atom. The van der Waals surface area contributed by atoms with E-state index in [0.29, 0.717) is 6.61 Å². The van der Waals surface area contributed by atoms with Crippen LogP contribution in [0.15, 0.2) is 30.3 Å². The smallest absolute Gasteiger partial charge is 0.338 e. The Morgan fingerprint density at radius 1 is 1.00 bits per heavy atom. The van der Waals surface area contributed by atoms with Gasteiger partial charge >= 0.3 is 5.97 Å². The van der Waals surface area contributed by atoms with Gasteiger partial charge in [-0.25, -0.2) is 4.79 Å². The van der Waals surface area contributed by atoms with Gasteiger partial charge < -0.3 is 23.7 Å². The third-order valence-electron chi connectivity index (χ3n) is 3.68. The Morgan fingerprint density at radius 3 is 2.27 bits per heavy atom. The normalized spacial score (nSPS) is 28.4. The van der Waals surface area contributed by atoms with Crippen LogP contribution in [0.3, 0.4) is 0 Å². The van der Waals surface area contributed by atoms with Gasteiger partial charge in [0.2, 0.25) is 0 Å². The third kappa shape index (κ3) is 3.84. The fourth-order valence-electron chi connectivity index (χ4n) is 2.57. The van der Waals surface area contributed by atoms with Crippen molar-refractivity contribution in [1.29, 1.82) is 0 Å². The molecule has 0 saturated carbocycles. The highest BCUT2D eigenvalue weighted by Crippen LogP contribution is 2.24. The average molecular weight is 310 g/mol. The number of methoxy groups -OCH3 is 3.